The van der Waals surface area contributed by atoms with Gasteiger partial charge in [0.1, 0.15) is 17.1 Å². The largest absolute Gasteiger partial charge is 0.495 e. The maximum Gasteiger partial charge on any atom is 0.251 e. The van der Waals surface area contributed by atoms with Crippen LogP contribution in [0.2, 0.25) is 5.02 Å². The third-order valence-corrected chi connectivity index (χ3v) is 5.67. The quantitative estimate of drug-likeness (QED) is 0.532. The van der Waals surface area contributed by atoms with Gasteiger partial charge in [0.25, 0.3) is 5.91 Å². The molecule has 0 atom stereocenters. The molecule has 0 bridgehead atoms. The molecule has 1 saturated heterocycles. The molecule has 1 fully saturated rings. The Morgan fingerprint density at radius 3 is 2.76 bits per heavy atom. The molecule has 0 saturated carbocycles. The number of nitrogens with one attached hydrogen (secondary N) is 2. The average molecular weight is 471 g/mol. The monoisotopic (exact) mass is 470 g/mol. The number of aromatic nitrogens is 4. The highest BCUT2D eigenvalue weighted by molar-refractivity contribution is 6.32. The van der Waals surface area contributed by atoms with E-state index in [0.29, 0.717) is 52.6 Å². The van der Waals surface area contributed by atoms with Gasteiger partial charge in [-0.1, -0.05) is 11.6 Å². The molecule has 0 radical (unpaired) electrons. The molecule has 2 aromatic heterocycles. The van der Waals surface area contributed by atoms with Crippen molar-refractivity contribution in [2.45, 2.75) is 38.8 Å². The number of amides is 1. The predicted octanol–water partition coefficient (Wildman–Crippen LogP) is 4.24. The van der Waals surface area contributed by atoms with Crippen LogP contribution in [0.15, 0.2) is 36.7 Å². The van der Waals surface area contributed by atoms with Crippen molar-refractivity contribution in [3.63, 3.8) is 0 Å². The Balaban J connectivity index is 1.53. The van der Waals surface area contributed by atoms with Crippen molar-refractivity contribution in [2.75, 3.05) is 25.6 Å². The summed E-state index contributed by atoms with van der Waals surface area (Å²) in [7, 11) is 1.55. The van der Waals surface area contributed by atoms with E-state index in [0.717, 1.165) is 12.8 Å². The van der Waals surface area contributed by atoms with Crippen molar-refractivity contribution in [1.29, 1.82) is 0 Å². The zero-order valence-corrected chi connectivity index (χ0v) is 19.6. The summed E-state index contributed by atoms with van der Waals surface area (Å²) in [5.74, 6) is 0.697. The summed E-state index contributed by atoms with van der Waals surface area (Å²) in [6.45, 7) is 5.42. The fourth-order valence-electron chi connectivity index (χ4n) is 3.53. The van der Waals surface area contributed by atoms with Crippen LogP contribution in [0.4, 0.5) is 11.6 Å². The fraction of sp³-hybridized carbons (Fsp3) is 0.391. The third-order valence-electron chi connectivity index (χ3n) is 5.39. The van der Waals surface area contributed by atoms with Crippen molar-refractivity contribution < 1.29 is 14.3 Å². The van der Waals surface area contributed by atoms with E-state index in [4.69, 9.17) is 21.1 Å². The van der Waals surface area contributed by atoms with Crippen molar-refractivity contribution >= 4 is 29.1 Å². The number of anilines is 2. The Labute approximate surface area is 197 Å². The van der Waals surface area contributed by atoms with Gasteiger partial charge in [0.15, 0.2) is 0 Å². The van der Waals surface area contributed by atoms with E-state index in [9.17, 15) is 4.79 Å². The van der Waals surface area contributed by atoms with Crippen LogP contribution in [-0.2, 0) is 4.74 Å². The Morgan fingerprint density at radius 1 is 1.27 bits per heavy atom. The molecule has 0 spiro atoms. The Morgan fingerprint density at radius 2 is 2.06 bits per heavy atom. The summed E-state index contributed by atoms with van der Waals surface area (Å²) in [6, 6.07) is 7.41. The molecule has 4 rings (SSSR count). The van der Waals surface area contributed by atoms with Crippen LogP contribution in [-0.4, -0.2) is 52.0 Å². The first-order valence-corrected chi connectivity index (χ1v) is 11.2. The lowest BCUT2D eigenvalue weighted by molar-refractivity contribution is 0.0696. The van der Waals surface area contributed by atoms with E-state index in [-0.39, 0.29) is 18.0 Å². The predicted molar refractivity (Wildman–Crippen MR) is 126 cm³/mol. The van der Waals surface area contributed by atoms with Gasteiger partial charge >= 0.3 is 0 Å². The topological polar surface area (TPSA) is 103 Å². The van der Waals surface area contributed by atoms with E-state index in [1.807, 2.05) is 30.8 Å². The summed E-state index contributed by atoms with van der Waals surface area (Å²) >= 11 is 6.34. The number of nitrogens with zero attached hydrogens (tertiary/aromatic N) is 4. The Hall–Kier alpha value is -3.17. The number of carbonyl (C=O) groups excluding carboxylic acids is 1. The molecule has 10 heteroatoms. The lowest BCUT2D eigenvalue weighted by atomic mass is 10.1. The number of hydrogen-bond donors (Lipinski definition) is 2. The number of hydrogen-bond acceptors (Lipinski definition) is 7. The third kappa shape index (κ3) is 5.43. The SMILES string of the molecule is COc1cc(C(=O)NC2CCOCC2)ccc1Nc1ncc(Cl)c(-c2ccn(C(C)C)n2)n1. The first kappa shape index (κ1) is 23.0. The molecule has 3 aromatic rings. The minimum Gasteiger partial charge on any atom is -0.495 e. The number of methoxy groups -OCH3 is 1. The van der Waals surface area contributed by atoms with Crippen LogP contribution in [0.5, 0.6) is 5.75 Å². The molecule has 33 heavy (non-hydrogen) atoms. The van der Waals surface area contributed by atoms with Crippen molar-refractivity contribution in [3.8, 4) is 17.1 Å². The van der Waals surface area contributed by atoms with Crippen LogP contribution >= 0.6 is 11.6 Å². The van der Waals surface area contributed by atoms with Gasteiger partial charge in [-0.05, 0) is 51.0 Å². The van der Waals surface area contributed by atoms with Gasteiger partial charge in [-0.2, -0.15) is 5.10 Å². The number of rotatable bonds is 7. The summed E-state index contributed by atoms with van der Waals surface area (Å²) in [4.78, 5) is 21.5. The van der Waals surface area contributed by atoms with Crippen molar-refractivity contribution in [3.05, 3.63) is 47.2 Å². The lowest BCUT2D eigenvalue weighted by Gasteiger charge is -2.23. The van der Waals surface area contributed by atoms with Crippen LogP contribution in [0.3, 0.4) is 0 Å². The second-order valence-electron chi connectivity index (χ2n) is 8.07. The van der Waals surface area contributed by atoms with Crippen LogP contribution < -0.4 is 15.4 Å². The molecule has 1 amide bonds. The normalized spacial score (nSPS) is 14.3. The van der Waals surface area contributed by atoms with E-state index < -0.39 is 0 Å². The van der Waals surface area contributed by atoms with Gasteiger partial charge in [-0.15, -0.1) is 0 Å². The number of ether oxygens (including phenoxy) is 2. The fourth-order valence-corrected chi connectivity index (χ4v) is 3.71. The minimum atomic E-state index is -0.141. The molecule has 1 aliphatic heterocycles. The van der Waals surface area contributed by atoms with E-state index in [1.54, 1.807) is 25.3 Å². The van der Waals surface area contributed by atoms with Gasteiger partial charge < -0.3 is 20.1 Å². The smallest absolute Gasteiger partial charge is 0.251 e. The van der Waals surface area contributed by atoms with Crippen molar-refractivity contribution in [1.82, 2.24) is 25.1 Å². The first-order chi connectivity index (χ1) is 15.9. The molecular formula is C23H27ClN6O3. The molecular weight excluding hydrogens is 444 g/mol. The molecule has 1 aliphatic rings. The second kappa shape index (κ2) is 10.2. The molecule has 3 heterocycles. The minimum absolute atomic E-state index is 0.120. The van der Waals surface area contributed by atoms with E-state index >= 15 is 0 Å². The molecule has 0 aliphatic carbocycles. The molecule has 1 aromatic carbocycles. The van der Waals surface area contributed by atoms with Crippen LogP contribution in [0.25, 0.3) is 11.4 Å². The molecule has 0 unspecified atom stereocenters. The van der Waals surface area contributed by atoms with Gasteiger partial charge in [-0.3, -0.25) is 9.48 Å². The summed E-state index contributed by atoms with van der Waals surface area (Å²) in [5.41, 5.74) is 2.33. The van der Waals surface area contributed by atoms with Crippen LogP contribution in [0.1, 0.15) is 43.1 Å². The standard InChI is InChI=1S/C23H27ClN6O3/c1-14(2)30-9-6-19(29-30)21-17(24)13-25-23(28-21)27-18-5-4-15(12-20(18)32-3)22(31)26-16-7-10-33-11-8-16/h4-6,9,12-14,16H,7-8,10-11H2,1-3H3,(H,26,31)(H,25,27,28). The van der Waals surface area contributed by atoms with E-state index in [2.05, 4.69) is 25.7 Å². The zero-order chi connectivity index (χ0) is 23.4. The van der Waals surface area contributed by atoms with Gasteiger partial charge in [0.05, 0.1) is 24.0 Å². The first-order valence-electron chi connectivity index (χ1n) is 10.9. The number of carbonyl (C=O) groups is 1. The Bertz CT molecular complexity index is 1130. The highest BCUT2D eigenvalue weighted by atomic mass is 35.5. The van der Waals surface area contributed by atoms with E-state index in [1.165, 1.54) is 6.20 Å². The van der Waals surface area contributed by atoms with Crippen molar-refractivity contribution in [2.24, 2.45) is 0 Å². The van der Waals surface area contributed by atoms with Gasteiger partial charge in [0.2, 0.25) is 5.95 Å². The molecule has 2 N–H and O–H groups in total. The lowest BCUT2D eigenvalue weighted by Crippen LogP contribution is -2.38. The number of halogens is 1. The summed E-state index contributed by atoms with van der Waals surface area (Å²) < 4.78 is 12.7. The molecule has 174 valence electrons. The zero-order valence-electron chi connectivity index (χ0n) is 18.8. The highest BCUT2D eigenvalue weighted by Crippen LogP contribution is 2.30. The van der Waals surface area contributed by atoms with Gasteiger partial charge in [-0.25, -0.2) is 9.97 Å². The average Bonchev–Trinajstić information content (AvgIpc) is 3.31. The highest BCUT2D eigenvalue weighted by Gasteiger charge is 2.19. The van der Waals surface area contributed by atoms with Crippen LogP contribution in [0, 0.1) is 0 Å². The summed E-state index contributed by atoms with van der Waals surface area (Å²) in [5, 5.41) is 11.1. The number of benzene rings is 1. The maximum absolute atomic E-state index is 12.7. The Kier molecular flexibility index (Phi) is 7.10. The van der Waals surface area contributed by atoms with Gasteiger partial charge in [0, 0.05) is 37.1 Å². The summed E-state index contributed by atoms with van der Waals surface area (Å²) in [6.07, 6.45) is 5.05. The second-order valence-corrected chi connectivity index (χ2v) is 8.47. The maximum atomic E-state index is 12.7. The molecule has 9 nitrogen and oxygen atoms in total.